The van der Waals surface area contributed by atoms with Gasteiger partial charge in [-0.2, -0.15) is 0 Å². The standard InChI is InChI=1S/C24H22BrN3O3/c1-2-3-8-22-27-23-20(13-18(25)14-26-23)28(22)15-16-9-11-17(12-10-16)19-6-4-5-7-21(19)31-24(29)30/h4-7,9-14H,2-3,8,15H2,1H3,(H,29,30). The third kappa shape index (κ3) is 4.77. The summed E-state index contributed by atoms with van der Waals surface area (Å²) in [6, 6.07) is 17.2. The van der Waals surface area contributed by atoms with Crippen LogP contribution < -0.4 is 4.74 Å². The van der Waals surface area contributed by atoms with Crippen molar-refractivity contribution in [1.29, 1.82) is 0 Å². The summed E-state index contributed by atoms with van der Waals surface area (Å²) in [4.78, 5) is 20.2. The molecule has 0 atom stereocenters. The number of nitrogens with zero attached hydrogens (tertiary/aromatic N) is 3. The average Bonchev–Trinajstić information content (AvgIpc) is 3.09. The zero-order chi connectivity index (χ0) is 21.8. The molecule has 0 bridgehead atoms. The molecule has 0 amide bonds. The summed E-state index contributed by atoms with van der Waals surface area (Å²) in [7, 11) is 0. The van der Waals surface area contributed by atoms with Crippen LogP contribution in [0.15, 0.2) is 65.3 Å². The van der Waals surface area contributed by atoms with Gasteiger partial charge in [0, 0.05) is 29.2 Å². The van der Waals surface area contributed by atoms with E-state index in [9.17, 15) is 4.79 Å². The fourth-order valence-corrected chi connectivity index (χ4v) is 3.91. The van der Waals surface area contributed by atoms with Gasteiger partial charge in [0.2, 0.25) is 0 Å². The number of aromatic nitrogens is 3. The highest BCUT2D eigenvalue weighted by atomic mass is 79.9. The van der Waals surface area contributed by atoms with Gasteiger partial charge in [0.05, 0.1) is 5.52 Å². The van der Waals surface area contributed by atoms with Gasteiger partial charge in [0.1, 0.15) is 11.6 Å². The largest absolute Gasteiger partial charge is 0.511 e. The molecule has 0 spiro atoms. The summed E-state index contributed by atoms with van der Waals surface area (Å²) in [6.45, 7) is 2.85. The van der Waals surface area contributed by atoms with Crippen LogP contribution in [0.4, 0.5) is 4.79 Å². The van der Waals surface area contributed by atoms with E-state index in [2.05, 4.69) is 38.5 Å². The number of hydrogen-bond acceptors (Lipinski definition) is 4. The van der Waals surface area contributed by atoms with Crippen molar-refractivity contribution in [3.8, 4) is 16.9 Å². The summed E-state index contributed by atoms with van der Waals surface area (Å²) < 4.78 is 8.07. The first-order valence-electron chi connectivity index (χ1n) is 10.1. The highest BCUT2D eigenvalue weighted by Gasteiger charge is 2.13. The summed E-state index contributed by atoms with van der Waals surface area (Å²) >= 11 is 3.52. The predicted octanol–water partition coefficient (Wildman–Crippen LogP) is 6.31. The van der Waals surface area contributed by atoms with E-state index in [1.165, 1.54) is 0 Å². The second-order valence-electron chi connectivity index (χ2n) is 7.28. The minimum atomic E-state index is -1.32. The molecular weight excluding hydrogens is 458 g/mol. The first-order chi connectivity index (χ1) is 15.0. The molecular formula is C24H22BrN3O3. The molecule has 31 heavy (non-hydrogen) atoms. The zero-order valence-corrected chi connectivity index (χ0v) is 18.7. The van der Waals surface area contributed by atoms with Crippen LogP contribution in [0.3, 0.4) is 0 Å². The van der Waals surface area contributed by atoms with E-state index in [0.29, 0.717) is 12.3 Å². The SMILES string of the molecule is CCCCc1nc2ncc(Br)cc2n1Cc1ccc(-c2ccccc2OC(=O)O)cc1. The molecule has 0 unspecified atom stereocenters. The van der Waals surface area contributed by atoms with Crippen molar-refractivity contribution in [3.05, 3.63) is 76.7 Å². The smallest absolute Gasteiger partial charge is 0.449 e. The first-order valence-corrected chi connectivity index (χ1v) is 10.9. The molecule has 0 fully saturated rings. The lowest BCUT2D eigenvalue weighted by Crippen LogP contribution is -2.06. The van der Waals surface area contributed by atoms with E-state index in [0.717, 1.165) is 57.4 Å². The Morgan fingerprint density at radius 2 is 1.94 bits per heavy atom. The van der Waals surface area contributed by atoms with Crippen LogP contribution in [0, 0.1) is 0 Å². The molecule has 7 heteroatoms. The Balaban J connectivity index is 1.65. The molecule has 2 heterocycles. The number of aryl methyl sites for hydroxylation is 1. The molecule has 0 radical (unpaired) electrons. The predicted molar refractivity (Wildman–Crippen MR) is 123 cm³/mol. The van der Waals surface area contributed by atoms with Crippen molar-refractivity contribution in [2.45, 2.75) is 32.7 Å². The van der Waals surface area contributed by atoms with E-state index in [1.807, 2.05) is 36.4 Å². The van der Waals surface area contributed by atoms with Crippen LogP contribution in [0.25, 0.3) is 22.3 Å². The maximum absolute atomic E-state index is 11.0. The number of benzene rings is 2. The third-order valence-corrected chi connectivity index (χ3v) is 5.53. The van der Waals surface area contributed by atoms with E-state index in [1.54, 1.807) is 18.3 Å². The van der Waals surface area contributed by atoms with Crippen molar-refractivity contribution >= 4 is 33.2 Å². The van der Waals surface area contributed by atoms with Gasteiger partial charge in [0.15, 0.2) is 5.65 Å². The van der Waals surface area contributed by atoms with E-state index in [4.69, 9.17) is 14.8 Å². The third-order valence-electron chi connectivity index (χ3n) is 5.10. The number of fused-ring (bicyclic) bond motifs is 1. The van der Waals surface area contributed by atoms with Crippen LogP contribution in [-0.2, 0) is 13.0 Å². The molecule has 6 nitrogen and oxygen atoms in total. The topological polar surface area (TPSA) is 77.2 Å². The van der Waals surface area contributed by atoms with Gasteiger partial charge in [-0.25, -0.2) is 14.8 Å². The van der Waals surface area contributed by atoms with Gasteiger partial charge >= 0.3 is 6.16 Å². The molecule has 0 aliphatic carbocycles. The molecule has 0 aliphatic heterocycles. The van der Waals surface area contributed by atoms with Crippen molar-refractivity contribution in [2.75, 3.05) is 0 Å². The zero-order valence-electron chi connectivity index (χ0n) is 17.1. The summed E-state index contributed by atoms with van der Waals surface area (Å²) in [6.07, 6.45) is 3.53. The Kier molecular flexibility index (Phi) is 6.32. The fraction of sp³-hybridized carbons (Fsp3) is 0.208. The van der Waals surface area contributed by atoms with Crippen LogP contribution >= 0.6 is 15.9 Å². The normalized spacial score (nSPS) is 11.0. The molecule has 0 aliphatic rings. The maximum Gasteiger partial charge on any atom is 0.511 e. The van der Waals surface area contributed by atoms with E-state index in [-0.39, 0.29) is 0 Å². The summed E-state index contributed by atoms with van der Waals surface area (Å²) in [5, 5.41) is 8.98. The number of para-hydroxylation sites is 1. The van der Waals surface area contributed by atoms with E-state index < -0.39 is 6.16 Å². The number of rotatable bonds is 7. The highest BCUT2D eigenvalue weighted by molar-refractivity contribution is 9.10. The molecule has 4 aromatic rings. The number of carboxylic acid groups (broad SMARTS) is 1. The van der Waals surface area contributed by atoms with Gasteiger partial charge in [-0.3, -0.25) is 0 Å². The quantitative estimate of drug-likeness (QED) is 0.248. The summed E-state index contributed by atoms with van der Waals surface area (Å²) in [5.41, 5.74) is 4.51. The Morgan fingerprint density at radius 1 is 1.16 bits per heavy atom. The van der Waals surface area contributed by atoms with Gasteiger partial charge < -0.3 is 14.4 Å². The molecule has 158 valence electrons. The Hall–Kier alpha value is -3.19. The lowest BCUT2D eigenvalue weighted by atomic mass is 10.0. The number of unbranched alkanes of at least 4 members (excludes halogenated alkanes) is 1. The molecule has 0 saturated carbocycles. The number of halogens is 1. The van der Waals surface area contributed by atoms with Crippen molar-refractivity contribution in [1.82, 2.24) is 14.5 Å². The monoisotopic (exact) mass is 479 g/mol. The molecule has 2 aromatic heterocycles. The first kappa shape index (κ1) is 21.1. The van der Waals surface area contributed by atoms with Crippen LogP contribution in [0.5, 0.6) is 5.75 Å². The van der Waals surface area contributed by atoms with Gasteiger partial charge in [-0.1, -0.05) is 55.8 Å². The number of carbonyl (C=O) groups is 1. The molecule has 0 saturated heterocycles. The molecule has 1 N–H and O–H groups in total. The minimum Gasteiger partial charge on any atom is -0.449 e. The second kappa shape index (κ2) is 9.31. The maximum atomic E-state index is 11.0. The van der Waals surface area contributed by atoms with Crippen LogP contribution in [0.1, 0.15) is 31.2 Å². The Labute approximate surface area is 188 Å². The number of ether oxygens (including phenoxy) is 1. The Morgan fingerprint density at radius 3 is 2.68 bits per heavy atom. The Bertz CT molecular complexity index is 1220. The van der Waals surface area contributed by atoms with Crippen molar-refractivity contribution in [3.63, 3.8) is 0 Å². The lowest BCUT2D eigenvalue weighted by molar-refractivity contribution is 0.144. The summed E-state index contributed by atoms with van der Waals surface area (Å²) in [5.74, 6) is 1.35. The highest BCUT2D eigenvalue weighted by Crippen LogP contribution is 2.30. The number of imidazole rings is 1. The van der Waals surface area contributed by atoms with Crippen molar-refractivity contribution < 1.29 is 14.6 Å². The van der Waals surface area contributed by atoms with E-state index >= 15 is 0 Å². The van der Waals surface area contributed by atoms with Gasteiger partial charge in [0.25, 0.3) is 0 Å². The van der Waals surface area contributed by atoms with Crippen LogP contribution in [0.2, 0.25) is 0 Å². The second-order valence-corrected chi connectivity index (χ2v) is 8.19. The number of pyridine rings is 1. The fourth-order valence-electron chi connectivity index (χ4n) is 3.59. The van der Waals surface area contributed by atoms with Gasteiger partial charge in [-0.05, 0) is 45.6 Å². The van der Waals surface area contributed by atoms with Crippen molar-refractivity contribution in [2.24, 2.45) is 0 Å². The van der Waals surface area contributed by atoms with Gasteiger partial charge in [-0.15, -0.1) is 0 Å². The minimum absolute atomic E-state index is 0.320. The molecule has 4 rings (SSSR count). The molecule has 2 aromatic carbocycles. The van der Waals surface area contributed by atoms with Crippen LogP contribution in [-0.4, -0.2) is 25.8 Å². The average molecular weight is 480 g/mol. The number of hydrogen-bond donors (Lipinski definition) is 1. The lowest BCUT2D eigenvalue weighted by Gasteiger charge is -2.11.